The molecule has 0 aliphatic carbocycles. The van der Waals surface area contributed by atoms with Gasteiger partial charge in [0.25, 0.3) is 0 Å². The molecule has 3 aromatic carbocycles. The maximum atomic E-state index is 12.4. The Balaban J connectivity index is 1.77. The molecule has 0 spiro atoms. The summed E-state index contributed by atoms with van der Waals surface area (Å²) in [6.45, 7) is 0.492. The van der Waals surface area contributed by atoms with Crippen LogP contribution in [0.2, 0.25) is 5.02 Å². The van der Waals surface area contributed by atoms with Gasteiger partial charge in [-0.25, -0.2) is 0 Å². The molecular weight excluding hydrogens is 386 g/mol. The van der Waals surface area contributed by atoms with Gasteiger partial charge in [0.05, 0.1) is 17.8 Å². The Labute approximate surface area is 163 Å². The first-order valence-electron chi connectivity index (χ1n) is 8.14. The van der Waals surface area contributed by atoms with Crippen LogP contribution < -0.4 is 14.2 Å². The van der Waals surface area contributed by atoms with Crippen LogP contribution in [0.5, 0.6) is 11.5 Å². The van der Waals surface area contributed by atoms with Crippen molar-refractivity contribution in [1.29, 1.82) is 0 Å². The lowest BCUT2D eigenvalue weighted by molar-refractivity contribution is 0.390. The molecule has 0 fully saturated rings. The Morgan fingerprint density at radius 3 is 2.33 bits per heavy atom. The van der Waals surface area contributed by atoms with Gasteiger partial charge in [0, 0.05) is 6.54 Å². The molecule has 3 aromatic rings. The average molecular weight is 404 g/mol. The molecule has 0 atom stereocenters. The van der Waals surface area contributed by atoms with Crippen molar-refractivity contribution in [3.05, 3.63) is 83.4 Å². The van der Waals surface area contributed by atoms with Gasteiger partial charge in [0.2, 0.25) is 0 Å². The topological polar surface area (TPSA) is 64.6 Å². The predicted octanol–water partition coefficient (Wildman–Crippen LogP) is 4.73. The van der Waals surface area contributed by atoms with E-state index in [1.165, 1.54) is 19.2 Å². The molecule has 1 N–H and O–H groups in total. The van der Waals surface area contributed by atoms with E-state index in [4.69, 9.17) is 20.5 Å². The van der Waals surface area contributed by atoms with E-state index in [2.05, 4.69) is 5.32 Å². The Kier molecular flexibility index (Phi) is 5.88. The predicted molar refractivity (Wildman–Crippen MR) is 106 cm³/mol. The number of methoxy groups -OCH3 is 1. The summed E-state index contributed by atoms with van der Waals surface area (Å²) in [6, 6.07) is 20.4. The van der Waals surface area contributed by atoms with Crippen molar-refractivity contribution in [3.8, 4) is 11.5 Å². The number of ether oxygens (including phenoxy) is 1. The number of para-hydroxylation sites is 1. The van der Waals surface area contributed by atoms with Gasteiger partial charge in [-0.3, -0.25) is 0 Å². The summed E-state index contributed by atoms with van der Waals surface area (Å²) in [7, 11) is -2.47. The SMILES string of the molecule is COc1cc(CNc2ccccc2Cl)ccc1OS(=O)(=O)c1ccccc1. The summed E-state index contributed by atoms with van der Waals surface area (Å²) >= 11 is 6.13. The third kappa shape index (κ3) is 4.72. The van der Waals surface area contributed by atoms with E-state index in [1.807, 2.05) is 18.2 Å². The first kappa shape index (κ1) is 19.1. The van der Waals surface area contributed by atoms with Crippen molar-refractivity contribution in [2.45, 2.75) is 11.4 Å². The van der Waals surface area contributed by atoms with Crippen LogP contribution in [0.25, 0.3) is 0 Å². The first-order chi connectivity index (χ1) is 13.0. The van der Waals surface area contributed by atoms with E-state index in [-0.39, 0.29) is 10.6 Å². The van der Waals surface area contributed by atoms with Crippen molar-refractivity contribution in [2.75, 3.05) is 12.4 Å². The standard InChI is InChI=1S/C20H18ClNO4S/c1-25-20-13-15(14-22-18-10-6-5-9-17(18)21)11-12-19(20)26-27(23,24)16-7-3-2-4-8-16/h2-13,22H,14H2,1H3. The maximum Gasteiger partial charge on any atom is 0.339 e. The molecule has 0 radical (unpaired) electrons. The van der Waals surface area contributed by atoms with Gasteiger partial charge in [0.1, 0.15) is 4.90 Å². The number of nitrogens with one attached hydrogen (secondary N) is 1. The maximum absolute atomic E-state index is 12.4. The van der Waals surface area contributed by atoms with Crippen molar-refractivity contribution in [1.82, 2.24) is 0 Å². The third-order valence-electron chi connectivity index (χ3n) is 3.82. The molecule has 7 heteroatoms. The largest absolute Gasteiger partial charge is 0.493 e. The number of halogens is 1. The molecule has 140 valence electrons. The zero-order valence-corrected chi connectivity index (χ0v) is 16.1. The molecular formula is C20H18ClNO4S. The van der Waals surface area contributed by atoms with Crippen LogP contribution in [0.1, 0.15) is 5.56 Å². The highest BCUT2D eigenvalue weighted by Crippen LogP contribution is 2.31. The smallest absolute Gasteiger partial charge is 0.339 e. The van der Waals surface area contributed by atoms with Crippen LogP contribution in [0.4, 0.5) is 5.69 Å². The second-order valence-electron chi connectivity index (χ2n) is 5.67. The number of benzene rings is 3. The van der Waals surface area contributed by atoms with E-state index in [9.17, 15) is 8.42 Å². The number of hydrogen-bond acceptors (Lipinski definition) is 5. The van der Waals surface area contributed by atoms with Crippen LogP contribution >= 0.6 is 11.6 Å². The lowest BCUT2D eigenvalue weighted by Crippen LogP contribution is -2.10. The minimum absolute atomic E-state index is 0.0801. The summed E-state index contributed by atoms with van der Waals surface area (Å²) in [4.78, 5) is 0.0801. The number of anilines is 1. The minimum Gasteiger partial charge on any atom is -0.493 e. The highest BCUT2D eigenvalue weighted by atomic mass is 35.5. The van der Waals surface area contributed by atoms with E-state index < -0.39 is 10.1 Å². The third-order valence-corrected chi connectivity index (χ3v) is 5.39. The molecule has 27 heavy (non-hydrogen) atoms. The van der Waals surface area contributed by atoms with E-state index >= 15 is 0 Å². The molecule has 0 unspecified atom stereocenters. The van der Waals surface area contributed by atoms with Gasteiger partial charge in [-0.05, 0) is 42.0 Å². The molecule has 0 aliphatic rings. The van der Waals surface area contributed by atoms with Crippen LogP contribution in [-0.2, 0) is 16.7 Å². The van der Waals surface area contributed by atoms with Crippen LogP contribution in [0, 0.1) is 0 Å². The van der Waals surface area contributed by atoms with Crippen molar-refractivity contribution >= 4 is 27.4 Å². The monoisotopic (exact) mass is 403 g/mol. The number of rotatable bonds is 7. The molecule has 0 bridgehead atoms. The second kappa shape index (κ2) is 8.33. The average Bonchev–Trinajstić information content (AvgIpc) is 2.68. The van der Waals surface area contributed by atoms with E-state index in [0.29, 0.717) is 17.3 Å². The first-order valence-corrected chi connectivity index (χ1v) is 9.93. The summed E-state index contributed by atoms with van der Waals surface area (Å²) in [5.41, 5.74) is 1.70. The van der Waals surface area contributed by atoms with Gasteiger partial charge in [0.15, 0.2) is 11.5 Å². The normalized spacial score (nSPS) is 11.0. The van der Waals surface area contributed by atoms with Crippen molar-refractivity contribution in [2.24, 2.45) is 0 Å². The quantitative estimate of drug-likeness (QED) is 0.578. The minimum atomic E-state index is -3.93. The molecule has 0 aliphatic heterocycles. The van der Waals surface area contributed by atoms with Gasteiger partial charge < -0.3 is 14.2 Å². The van der Waals surface area contributed by atoms with Crippen molar-refractivity contribution in [3.63, 3.8) is 0 Å². The zero-order chi connectivity index (χ0) is 19.3. The molecule has 0 saturated heterocycles. The summed E-state index contributed by atoms with van der Waals surface area (Å²) < 4.78 is 35.3. The van der Waals surface area contributed by atoms with Crippen LogP contribution in [0.3, 0.4) is 0 Å². The lowest BCUT2D eigenvalue weighted by atomic mass is 10.2. The van der Waals surface area contributed by atoms with Crippen molar-refractivity contribution < 1.29 is 17.3 Å². The Hall–Kier alpha value is -2.70. The summed E-state index contributed by atoms with van der Waals surface area (Å²) in [5, 5.41) is 3.85. The van der Waals surface area contributed by atoms with Gasteiger partial charge in [-0.1, -0.05) is 48.0 Å². The molecule has 5 nitrogen and oxygen atoms in total. The van der Waals surface area contributed by atoms with Gasteiger partial charge in [-0.15, -0.1) is 0 Å². The fourth-order valence-electron chi connectivity index (χ4n) is 2.45. The Bertz CT molecular complexity index is 1020. The van der Waals surface area contributed by atoms with Gasteiger partial charge in [-0.2, -0.15) is 8.42 Å². The summed E-state index contributed by atoms with van der Waals surface area (Å²) in [5.74, 6) is 0.454. The Morgan fingerprint density at radius 2 is 1.63 bits per heavy atom. The summed E-state index contributed by atoms with van der Waals surface area (Å²) in [6.07, 6.45) is 0. The second-order valence-corrected chi connectivity index (χ2v) is 7.62. The number of hydrogen-bond donors (Lipinski definition) is 1. The fraction of sp³-hybridized carbons (Fsp3) is 0.100. The lowest BCUT2D eigenvalue weighted by Gasteiger charge is -2.13. The molecule has 3 rings (SSSR count). The molecule has 0 amide bonds. The Morgan fingerprint density at radius 1 is 0.926 bits per heavy atom. The highest BCUT2D eigenvalue weighted by molar-refractivity contribution is 7.87. The molecule has 0 saturated carbocycles. The van der Waals surface area contributed by atoms with Crippen LogP contribution in [-0.4, -0.2) is 15.5 Å². The van der Waals surface area contributed by atoms with Gasteiger partial charge >= 0.3 is 10.1 Å². The van der Waals surface area contributed by atoms with E-state index in [1.54, 1.807) is 42.5 Å². The van der Waals surface area contributed by atoms with E-state index in [0.717, 1.165) is 11.3 Å². The highest BCUT2D eigenvalue weighted by Gasteiger charge is 2.19. The molecule has 0 aromatic heterocycles. The zero-order valence-electron chi connectivity index (χ0n) is 14.6. The van der Waals surface area contributed by atoms with Crippen LogP contribution in [0.15, 0.2) is 77.7 Å². The molecule has 0 heterocycles. The fourth-order valence-corrected chi connectivity index (χ4v) is 3.61.